The average molecular weight is 408 g/mol. The summed E-state index contributed by atoms with van der Waals surface area (Å²) in [7, 11) is 0. The maximum Gasteiger partial charge on any atom is 0.223 e. The first-order chi connectivity index (χ1) is 14.4. The van der Waals surface area contributed by atoms with Crippen molar-refractivity contribution in [2.75, 3.05) is 42.5 Å². The molecule has 0 aliphatic carbocycles. The first-order valence-electron chi connectivity index (χ1n) is 11.1. The van der Waals surface area contributed by atoms with Gasteiger partial charge in [-0.2, -0.15) is 0 Å². The molecule has 160 valence electrons. The highest BCUT2D eigenvalue weighted by Crippen LogP contribution is 2.30. The number of fused-ring (bicyclic) bond motifs is 1. The highest BCUT2D eigenvalue weighted by Gasteiger charge is 2.26. The van der Waals surface area contributed by atoms with Crippen LogP contribution in [0.25, 0.3) is 0 Å². The molecule has 0 aromatic heterocycles. The van der Waals surface area contributed by atoms with Gasteiger partial charge in [-0.15, -0.1) is 0 Å². The minimum Gasteiger partial charge on any atom is -0.387 e. The van der Waals surface area contributed by atoms with E-state index in [1.54, 1.807) is 6.92 Å². The van der Waals surface area contributed by atoms with E-state index < -0.39 is 6.10 Å². The maximum absolute atomic E-state index is 11.9. The van der Waals surface area contributed by atoms with Crippen molar-refractivity contribution < 1.29 is 9.90 Å². The van der Waals surface area contributed by atoms with Gasteiger partial charge < -0.3 is 14.9 Å². The first kappa shape index (κ1) is 20.9. The third kappa shape index (κ3) is 4.37. The lowest BCUT2D eigenvalue weighted by Gasteiger charge is -2.42. The Kier molecular flexibility index (Phi) is 6.11. The quantitative estimate of drug-likeness (QED) is 0.842. The average Bonchev–Trinajstić information content (AvgIpc) is 2.72. The molecule has 1 saturated heterocycles. The van der Waals surface area contributed by atoms with Crippen LogP contribution in [-0.2, 0) is 11.2 Å². The fraction of sp³-hybridized carbons (Fsp3) is 0.480. The SMILES string of the molecule is CC(=O)N1CCCc2cc([C@H](O)CN3CCN(c4cccc(C)c4)[C@@H](C)C3)ccc21. The van der Waals surface area contributed by atoms with Crippen molar-refractivity contribution in [1.29, 1.82) is 0 Å². The highest BCUT2D eigenvalue weighted by atomic mass is 16.3. The summed E-state index contributed by atoms with van der Waals surface area (Å²) in [5, 5.41) is 10.9. The van der Waals surface area contributed by atoms with Gasteiger partial charge in [-0.25, -0.2) is 0 Å². The first-order valence-corrected chi connectivity index (χ1v) is 11.1. The molecule has 1 N–H and O–H groups in total. The Bertz CT molecular complexity index is 913. The predicted molar refractivity (Wildman–Crippen MR) is 122 cm³/mol. The summed E-state index contributed by atoms with van der Waals surface area (Å²) in [5.41, 5.74) is 5.70. The number of anilines is 2. The van der Waals surface area contributed by atoms with Gasteiger partial charge in [0.2, 0.25) is 5.91 Å². The second kappa shape index (κ2) is 8.78. The van der Waals surface area contributed by atoms with E-state index >= 15 is 0 Å². The Morgan fingerprint density at radius 2 is 2.00 bits per heavy atom. The Labute approximate surface area is 179 Å². The van der Waals surface area contributed by atoms with E-state index in [4.69, 9.17) is 0 Å². The summed E-state index contributed by atoms with van der Waals surface area (Å²) in [6, 6.07) is 15.2. The van der Waals surface area contributed by atoms with Gasteiger partial charge in [-0.3, -0.25) is 9.69 Å². The Morgan fingerprint density at radius 1 is 1.17 bits per heavy atom. The van der Waals surface area contributed by atoms with Crippen LogP contribution in [-0.4, -0.2) is 54.7 Å². The van der Waals surface area contributed by atoms with Crippen LogP contribution in [0.1, 0.15) is 43.1 Å². The van der Waals surface area contributed by atoms with Gasteiger partial charge in [-0.1, -0.05) is 24.3 Å². The molecule has 0 radical (unpaired) electrons. The zero-order chi connectivity index (χ0) is 21.3. The second-order valence-corrected chi connectivity index (χ2v) is 8.82. The third-order valence-corrected chi connectivity index (χ3v) is 6.46. The lowest BCUT2D eigenvalue weighted by atomic mass is 9.97. The smallest absolute Gasteiger partial charge is 0.223 e. The van der Waals surface area contributed by atoms with Crippen LogP contribution in [0.3, 0.4) is 0 Å². The van der Waals surface area contributed by atoms with Crippen LogP contribution in [0.5, 0.6) is 0 Å². The summed E-state index contributed by atoms with van der Waals surface area (Å²) in [4.78, 5) is 18.6. The van der Waals surface area contributed by atoms with Crippen LogP contribution in [0, 0.1) is 6.92 Å². The van der Waals surface area contributed by atoms with Gasteiger partial charge in [-0.05, 0) is 61.6 Å². The fourth-order valence-corrected chi connectivity index (χ4v) is 4.89. The monoisotopic (exact) mass is 407 g/mol. The van der Waals surface area contributed by atoms with Gasteiger partial charge in [0.25, 0.3) is 0 Å². The van der Waals surface area contributed by atoms with Crippen molar-refractivity contribution in [3.8, 4) is 0 Å². The van der Waals surface area contributed by atoms with Crippen LogP contribution >= 0.6 is 0 Å². The van der Waals surface area contributed by atoms with Crippen molar-refractivity contribution in [1.82, 2.24) is 4.90 Å². The van der Waals surface area contributed by atoms with Crippen molar-refractivity contribution in [2.24, 2.45) is 0 Å². The maximum atomic E-state index is 11.9. The van der Waals surface area contributed by atoms with E-state index in [2.05, 4.69) is 54.0 Å². The van der Waals surface area contributed by atoms with E-state index in [-0.39, 0.29) is 5.91 Å². The van der Waals surface area contributed by atoms with E-state index in [1.165, 1.54) is 16.8 Å². The van der Waals surface area contributed by atoms with E-state index in [0.29, 0.717) is 12.6 Å². The van der Waals surface area contributed by atoms with Crippen LogP contribution < -0.4 is 9.80 Å². The van der Waals surface area contributed by atoms with Crippen LogP contribution in [0.2, 0.25) is 0 Å². The number of aryl methyl sites for hydroxylation is 2. The largest absolute Gasteiger partial charge is 0.387 e. The number of hydrogen-bond donors (Lipinski definition) is 1. The molecule has 2 atom stereocenters. The van der Waals surface area contributed by atoms with Crippen molar-refractivity contribution in [3.63, 3.8) is 0 Å². The molecule has 0 saturated carbocycles. The molecule has 30 heavy (non-hydrogen) atoms. The standard InChI is InChI=1S/C25H33N3O2/c1-18-6-4-8-23(14-18)27-13-12-26(16-19(27)2)17-25(30)22-9-10-24-21(15-22)7-5-11-28(24)20(3)29/h4,6,8-10,14-15,19,25,30H,5,7,11-13,16-17H2,1-3H3/t19-,25+/m0/s1. The molecule has 2 heterocycles. The molecular formula is C25H33N3O2. The number of piperazine rings is 1. The van der Waals surface area contributed by atoms with Crippen molar-refractivity contribution in [2.45, 2.75) is 45.8 Å². The Morgan fingerprint density at radius 3 is 2.73 bits per heavy atom. The summed E-state index contributed by atoms with van der Waals surface area (Å²) in [6.45, 7) is 10.3. The number of rotatable bonds is 4. The molecule has 4 rings (SSSR count). The van der Waals surface area contributed by atoms with Gasteiger partial charge in [0.05, 0.1) is 6.10 Å². The number of carbonyl (C=O) groups is 1. The van der Waals surface area contributed by atoms with Crippen LogP contribution in [0.15, 0.2) is 42.5 Å². The topological polar surface area (TPSA) is 47.0 Å². The number of aliphatic hydroxyl groups is 1. The summed E-state index contributed by atoms with van der Waals surface area (Å²) in [6.07, 6.45) is 1.43. The molecule has 1 amide bonds. The number of nitrogens with zero attached hydrogens (tertiary/aromatic N) is 3. The van der Waals surface area contributed by atoms with E-state index in [0.717, 1.165) is 50.3 Å². The summed E-state index contributed by atoms with van der Waals surface area (Å²) >= 11 is 0. The van der Waals surface area contributed by atoms with Gasteiger partial charge in [0.1, 0.15) is 0 Å². The molecule has 0 bridgehead atoms. The summed E-state index contributed by atoms with van der Waals surface area (Å²) < 4.78 is 0. The number of amides is 1. The minimum absolute atomic E-state index is 0.0877. The molecule has 2 aromatic carbocycles. The van der Waals surface area contributed by atoms with Gasteiger partial charge in [0.15, 0.2) is 0 Å². The van der Waals surface area contributed by atoms with Crippen molar-refractivity contribution in [3.05, 3.63) is 59.2 Å². The molecule has 1 fully saturated rings. The number of benzene rings is 2. The van der Waals surface area contributed by atoms with Crippen LogP contribution in [0.4, 0.5) is 11.4 Å². The predicted octanol–water partition coefficient (Wildman–Crippen LogP) is 3.54. The molecular weight excluding hydrogens is 374 g/mol. The molecule has 2 aliphatic heterocycles. The van der Waals surface area contributed by atoms with Gasteiger partial charge >= 0.3 is 0 Å². The molecule has 0 unspecified atom stereocenters. The minimum atomic E-state index is -0.513. The lowest BCUT2D eigenvalue weighted by Crippen LogP contribution is -2.52. The van der Waals surface area contributed by atoms with E-state index in [9.17, 15) is 9.90 Å². The zero-order valence-electron chi connectivity index (χ0n) is 18.3. The normalized spacial score (nSPS) is 20.7. The molecule has 5 nitrogen and oxygen atoms in total. The molecule has 2 aliphatic rings. The molecule has 0 spiro atoms. The Balaban J connectivity index is 1.40. The van der Waals surface area contributed by atoms with Crippen molar-refractivity contribution >= 4 is 17.3 Å². The lowest BCUT2D eigenvalue weighted by molar-refractivity contribution is -0.116. The Hall–Kier alpha value is -2.37. The fourth-order valence-electron chi connectivity index (χ4n) is 4.89. The number of aliphatic hydroxyl groups excluding tert-OH is 1. The molecule has 2 aromatic rings. The number of carbonyl (C=O) groups excluding carboxylic acids is 1. The third-order valence-electron chi connectivity index (χ3n) is 6.46. The number of β-amino-alcohol motifs (C(OH)–C–C–N with tert-alkyl or cyclic N) is 1. The highest BCUT2D eigenvalue weighted by molar-refractivity contribution is 5.92. The van der Waals surface area contributed by atoms with E-state index in [1.807, 2.05) is 17.0 Å². The summed E-state index contributed by atoms with van der Waals surface area (Å²) in [5.74, 6) is 0.0877. The zero-order valence-corrected chi connectivity index (χ0v) is 18.3. The van der Waals surface area contributed by atoms with Gasteiger partial charge in [0, 0.05) is 57.1 Å². The molecule has 5 heteroatoms. The second-order valence-electron chi connectivity index (χ2n) is 8.82. The number of hydrogen-bond acceptors (Lipinski definition) is 4.